The summed E-state index contributed by atoms with van der Waals surface area (Å²) < 4.78 is 64.1. The number of carboxylic acids is 1. The third-order valence-corrected chi connectivity index (χ3v) is 1.56. The van der Waals surface area contributed by atoms with Crippen LogP contribution in [0.3, 0.4) is 0 Å². The largest absolute Gasteiger partial charge is 0.573 e. The van der Waals surface area contributed by atoms with Crippen LogP contribution in [0.4, 0.5) is 22.0 Å². The summed E-state index contributed by atoms with van der Waals surface area (Å²) in [5.41, 5.74) is -2.01. The Kier molecular flexibility index (Phi) is 3.49. The Hall–Kier alpha value is -1.93. The number of aromatic carboxylic acids is 1. The van der Waals surface area contributed by atoms with Gasteiger partial charge in [0.25, 0.3) is 0 Å². The van der Waals surface area contributed by atoms with E-state index in [2.05, 4.69) is 9.72 Å². The lowest BCUT2D eigenvalue weighted by Gasteiger charge is -2.11. The van der Waals surface area contributed by atoms with Gasteiger partial charge < -0.3 is 9.84 Å². The zero-order valence-electron chi connectivity index (χ0n) is 7.89. The first-order valence-electron chi connectivity index (χ1n) is 3.99. The lowest BCUT2D eigenvalue weighted by molar-refractivity contribution is -0.275. The highest BCUT2D eigenvalue weighted by Gasteiger charge is 2.33. The molecule has 0 bridgehead atoms. The highest BCUT2D eigenvalue weighted by molar-refractivity contribution is 5.85. The number of aromatic nitrogens is 1. The van der Waals surface area contributed by atoms with Crippen LogP contribution >= 0.6 is 0 Å². The first kappa shape index (κ1) is 13.1. The van der Waals surface area contributed by atoms with E-state index in [1.54, 1.807) is 0 Å². The maximum atomic E-state index is 13.1. The fourth-order valence-corrected chi connectivity index (χ4v) is 0.954. The van der Waals surface area contributed by atoms with Crippen LogP contribution in [-0.4, -0.2) is 22.4 Å². The molecule has 0 aromatic carbocycles. The fraction of sp³-hybridized carbons (Fsp3) is 0.250. The molecular formula is C8H4F5NO3. The van der Waals surface area contributed by atoms with Gasteiger partial charge >= 0.3 is 12.3 Å². The SMILES string of the molecule is O=C(O)c1cc(OC(F)(F)F)c(F)c(CF)n1. The lowest BCUT2D eigenvalue weighted by atomic mass is 10.2. The molecule has 0 saturated carbocycles. The molecule has 0 amide bonds. The second-order valence-electron chi connectivity index (χ2n) is 2.75. The third-order valence-electron chi connectivity index (χ3n) is 1.56. The van der Waals surface area contributed by atoms with E-state index >= 15 is 0 Å². The van der Waals surface area contributed by atoms with Crippen molar-refractivity contribution in [3.8, 4) is 5.75 Å². The number of pyridine rings is 1. The molecule has 0 aliphatic carbocycles. The molecule has 1 heterocycles. The van der Waals surface area contributed by atoms with Gasteiger partial charge in [-0.3, -0.25) is 0 Å². The number of carbonyl (C=O) groups is 1. The fourth-order valence-electron chi connectivity index (χ4n) is 0.954. The summed E-state index contributed by atoms with van der Waals surface area (Å²) in [4.78, 5) is 13.4. The van der Waals surface area contributed by atoms with Crippen molar-refractivity contribution in [2.24, 2.45) is 0 Å². The smallest absolute Gasteiger partial charge is 0.477 e. The minimum absolute atomic E-state index is 0.227. The molecule has 0 radical (unpaired) electrons. The Bertz CT molecular complexity index is 446. The zero-order valence-corrected chi connectivity index (χ0v) is 7.89. The Morgan fingerprint density at radius 1 is 1.47 bits per heavy atom. The summed E-state index contributed by atoms with van der Waals surface area (Å²) in [6.07, 6.45) is -5.22. The quantitative estimate of drug-likeness (QED) is 0.844. The molecule has 0 aliphatic heterocycles. The summed E-state index contributed by atoms with van der Waals surface area (Å²) in [6.45, 7) is -1.55. The van der Waals surface area contributed by atoms with Crippen molar-refractivity contribution in [3.05, 3.63) is 23.3 Å². The molecule has 0 fully saturated rings. The summed E-state index contributed by atoms with van der Waals surface area (Å²) in [5, 5.41) is 8.47. The number of halogens is 5. The molecule has 1 N–H and O–H groups in total. The van der Waals surface area contributed by atoms with E-state index in [-0.39, 0.29) is 6.07 Å². The second kappa shape index (κ2) is 4.52. The van der Waals surface area contributed by atoms with Gasteiger partial charge in [-0.15, -0.1) is 13.2 Å². The van der Waals surface area contributed by atoms with Crippen molar-refractivity contribution in [2.75, 3.05) is 0 Å². The number of carboxylic acid groups (broad SMARTS) is 1. The molecule has 17 heavy (non-hydrogen) atoms. The molecule has 1 aromatic heterocycles. The van der Waals surface area contributed by atoms with Crippen molar-refractivity contribution < 1.29 is 36.6 Å². The van der Waals surface area contributed by atoms with Crippen LogP contribution in [0.2, 0.25) is 0 Å². The molecule has 0 saturated heterocycles. The van der Waals surface area contributed by atoms with E-state index in [9.17, 15) is 26.7 Å². The number of rotatable bonds is 3. The summed E-state index contributed by atoms with van der Waals surface area (Å²) in [6, 6.07) is 0.227. The van der Waals surface area contributed by atoms with Crippen molar-refractivity contribution in [3.63, 3.8) is 0 Å². The van der Waals surface area contributed by atoms with Crippen molar-refractivity contribution in [2.45, 2.75) is 13.0 Å². The van der Waals surface area contributed by atoms with E-state index in [1.807, 2.05) is 0 Å². The van der Waals surface area contributed by atoms with Crippen LogP contribution in [0.1, 0.15) is 16.2 Å². The molecular weight excluding hydrogens is 253 g/mol. The number of alkyl halides is 4. The normalized spacial score (nSPS) is 11.4. The van der Waals surface area contributed by atoms with E-state index in [0.29, 0.717) is 0 Å². The topological polar surface area (TPSA) is 59.4 Å². The van der Waals surface area contributed by atoms with Crippen molar-refractivity contribution in [1.29, 1.82) is 0 Å². The molecule has 0 atom stereocenters. The van der Waals surface area contributed by atoms with Crippen LogP contribution in [-0.2, 0) is 6.67 Å². The number of nitrogens with zero attached hydrogens (tertiary/aromatic N) is 1. The number of ether oxygens (including phenoxy) is 1. The van der Waals surface area contributed by atoms with Gasteiger partial charge in [-0.05, 0) is 0 Å². The van der Waals surface area contributed by atoms with Gasteiger partial charge in [-0.2, -0.15) is 0 Å². The predicted molar refractivity (Wildman–Crippen MR) is 42.6 cm³/mol. The summed E-state index contributed by atoms with van der Waals surface area (Å²) in [5.74, 6) is -4.85. The van der Waals surface area contributed by atoms with Gasteiger partial charge in [-0.25, -0.2) is 18.6 Å². The Balaban J connectivity index is 3.28. The van der Waals surface area contributed by atoms with Crippen LogP contribution in [0, 0.1) is 5.82 Å². The molecule has 0 spiro atoms. The molecule has 94 valence electrons. The molecule has 9 heteroatoms. The van der Waals surface area contributed by atoms with Crippen LogP contribution in [0.15, 0.2) is 6.07 Å². The average molecular weight is 257 g/mol. The highest BCUT2D eigenvalue weighted by atomic mass is 19.4. The maximum Gasteiger partial charge on any atom is 0.573 e. The Labute approximate surface area is 90.6 Å². The van der Waals surface area contributed by atoms with Gasteiger partial charge in [0.1, 0.15) is 12.4 Å². The first-order chi connectivity index (χ1) is 7.74. The van der Waals surface area contributed by atoms with Crippen molar-refractivity contribution >= 4 is 5.97 Å². The third kappa shape index (κ3) is 3.26. The Morgan fingerprint density at radius 3 is 2.47 bits per heavy atom. The van der Waals surface area contributed by atoms with E-state index < -0.39 is 42.0 Å². The minimum Gasteiger partial charge on any atom is -0.477 e. The van der Waals surface area contributed by atoms with E-state index in [0.717, 1.165) is 0 Å². The average Bonchev–Trinajstić information content (AvgIpc) is 2.18. The molecule has 0 unspecified atom stereocenters. The van der Waals surface area contributed by atoms with Gasteiger partial charge in [0.05, 0.1) is 0 Å². The van der Waals surface area contributed by atoms with Crippen molar-refractivity contribution in [1.82, 2.24) is 4.98 Å². The highest BCUT2D eigenvalue weighted by Crippen LogP contribution is 2.27. The molecule has 1 aromatic rings. The number of hydrogen-bond acceptors (Lipinski definition) is 3. The second-order valence-corrected chi connectivity index (χ2v) is 2.75. The first-order valence-corrected chi connectivity index (χ1v) is 3.99. The monoisotopic (exact) mass is 257 g/mol. The molecule has 1 rings (SSSR count). The van der Waals surface area contributed by atoms with Crippen LogP contribution in [0.25, 0.3) is 0 Å². The van der Waals surface area contributed by atoms with E-state index in [1.165, 1.54) is 0 Å². The molecule has 4 nitrogen and oxygen atoms in total. The number of hydrogen-bond donors (Lipinski definition) is 1. The van der Waals surface area contributed by atoms with Gasteiger partial charge in [0.15, 0.2) is 17.3 Å². The van der Waals surface area contributed by atoms with Gasteiger partial charge in [0.2, 0.25) is 0 Å². The van der Waals surface area contributed by atoms with Gasteiger partial charge in [-0.1, -0.05) is 0 Å². The van der Waals surface area contributed by atoms with Crippen LogP contribution < -0.4 is 4.74 Å². The summed E-state index contributed by atoms with van der Waals surface area (Å²) in [7, 11) is 0. The van der Waals surface area contributed by atoms with Gasteiger partial charge in [0, 0.05) is 6.07 Å². The Morgan fingerprint density at radius 2 is 2.06 bits per heavy atom. The maximum absolute atomic E-state index is 13.1. The summed E-state index contributed by atoms with van der Waals surface area (Å²) >= 11 is 0. The lowest BCUT2D eigenvalue weighted by Crippen LogP contribution is -2.19. The van der Waals surface area contributed by atoms with Crippen LogP contribution in [0.5, 0.6) is 5.75 Å². The standard InChI is InChI=1S/C8H4F5NO3/c9-2-4-6(10)5(17-8(11,12)13)1-3(14-4)7(15)16/h1H,2H2,(H,15,16). The zero-order chi connectivity index (χ0) is 13.2. The minimum atomic E-state index is -5.22. The predicted octanol–water partition coefficient (Wildman–Crippen LogP) is 2.29. The van der Waals surface area contributed by atoms with E-state index in [4.69, 9.17) is 5.11 Å². The molecule has 0 aliphatic rings.